The summed E-state index contributed by atoms with van der Waals surface area (Å²) in [5.41, 5.74) is 13.2. The minimum absolute atomic E-state index is 0.350. The van der Waals surface area contributed by atoms with Crippen molar-refractivity contribution < 1.29 is 9.53 Å². The lowest BCUT2D eigenvalue weighted by atomic mass is 10.1. The van der Waals surface area contributed by atoms with Crippen molar-refractivity contribution in [1.82, 2.24) is 0 Å². The average molecular weight is 180 g/mol. The highest BCUT2D eigenvalue weighted by Crippen LogP contribution is 2.22. The molecule has 0 aliphatic heterocycles. The lowest BCUT2D eigenvalue weighted by Crippen LogP contribution is -2.09. The third-order valence-corrected chi connectivity index (χ3v) is 1.93. The second-order valence-electron chi connectivity index (χ2n) is 2.74. The van der Waals surface area contributed by atoms with E-state index in [1.54, 1.807) is 19.1 Å². The average Bonchev–Trinajstić information content (AvgIpc) is 2.12. The van der Waals surface area contributed by atoms with E-state index in [9.17, 15) is 4.79 Å². The molecule has 0 amide bonds. The Bertz CT molecular complexity index is 348. The maximum absolute atomic E-state index is 11.2. The summed E-state index contributed by atoms with van der Waals surface area (Å²) < 4.78 is 4.58. The van der Waals surface area contributed by atoms with E-state index in [-0.39, 0.29) is 0 Å². The van der Waals surface area contributed by atoms with Crippen LogP contribution < -0.4 is 11.5 Å². The first-order valence-corrected chi connectivity index (χ1v) is 3.80. The molecule has 4 nitrogen and oxygen atoms in total. The van der Waals surface area contributed by atoms with Gasteiger partial charge in [-0.2, -0.15) is 0 Å². The van der Waals surface area contributed by atoms with Crippen molar-refractivity contribution in [2.45, 2.75) is 6.92 Å². The smallest absolute Gasteiger partial charge is 0.340 e. The fourth-order valence-electron chi connectivity index (χ4n) is 1.12. The normalized spacial score (nSPS) is 9.69. The number of nitrogens with two attached hydrogens (primary N) is 2. The number of ether oxygens (including phenoxy) is 1. The second kappa shape index (κ2) is 3.35. The van der Waals surface area contributed by atoms with Crippen molar-refractivity contribution in [1.29, 1.82) is 0 Å². The van der Waals surface area contributed by atoms with Crippen molar-refractivity contribution >= 4 is 17.3 Å². The lowest BCUT2D eigenvalue weighted by molar-refractivity contribution is 0.0601. The van der Waals surface area contributed by atoms with Crippen LogP contribution in [0.15, 0.2) is 12.1 Å². The van der Waals surface area contributed by atoms with Crippen LogP contribution in [0.1, 0.15) is 15.9 Å². The van der Waals surface area contributed by atoms with Gasteiger partial charge in [-0.15, -0.1) is 0 Å². The van der Waals surface area contributed by atoms with Crippen LogP contribution in [0.25, 0.3) is 0 Å². The zero-order chi connectivity index (χ0) is 10.0. The molecular formula is C9H12N2O2. The molecule has 1 aromatic rings. The Morgan fingerprint density at radius 1 is 1.31 bits per heavy atom. The molecule has 0 atom stereocenters. The van der Waals surface area contributed by atoms with E-state index >= 15 is 0 Å². The van der Waals surface area contributed by atoms with Crippen LogP contribution in [0.2, 0.25) is 0 Å². The number of rotatable bonds is 1. The number of hydrogen-bond donors (Lipinski definition) is 2. The molecule has 13 heavy (non-hydrogen) atoms. The Labute approximate surface area is 76.5 Å². The second-order valence-corrected chi connectivity index (χ2v) is 2.74. The molecule has 0 aliphatic rings. The van der Waals surface area contributed by atoms with Gasteiger partial charge in [-0.1, -0.05) is 0 Å². The van der Waals surface area contributed by atoms with Gasteiger partial charge in [-0.25, -0.2) is 4.79 Å². The van der Waals surface area contributed by atoms with E-state index in [2.05, 4.69) is 4.74 Å². The van der Waals surface area contributed by atoms with Crippen LogP contribution in [0.3, 0.4) is 0 Å². The number of nitrogen functional groups attached to an aromatic ring is 2. The van der Waals surface area contributed by atoms with Gasteiger partial charge < -0.3 is 16.2 Å². The number of methoxy groups -OCH3 is 1. The van der Waals surface area contributed by atoms with Crippen molar-refractivity contribution in [3.8, 4) is 0 Å². The summed E-state index contributed by atoms with van der Waals surface area (Å²) in [5.74, 6) is -0.456. The Kier molecular flexibility index (Phi) is 2.41. The topological polar surface area (TPSA) is 78.3 Å². The van der Waals surface area contributed by atoms with Crippen molar-refractivity contribution in [3.05, 3.63) is 23.3 Å². The fourth-order valence-corrected chi connectivity index (χ4v) is 1.12. The summed E-state index contributed by atoms with van der Waals surface area (Å²) in [4.78, 5) is 11.2. The SMILES string of the molecule is COC(=O)c1c(N)ccc(N)c1C. The molecule has 0 aliphatic carbocycles. The monoisotopic (exact) mass is 180 g/mol. The lowest BCUT2D eigenvalue weighted by Gasteiger charge is -2.08. The van der Waals surface area contributed by atoms with E-state index in [1.165, 1.54) is 7.11 Å². The molecule has 0 heterocycles. The molecule has 0 bridgehead atoms. The minimum Gasteiger partial charge on any atom is -0.465 e. The third kappa shape index (κ3) is 1.56. The number of anilines is 2. The van der Waals surface area contributed by atoms with Crippen molar-refractivity contribution in [2.75, 3.05) is 18.6 Å². The first kappa shape index (κ1) is 9.38. The minimum atomic E-state index is -0.456. The van der Waals surface area contributed by atoms with Gasteiger partial charge in [-0.3, -0.25) is 0 Å². The molecule has 1 aromatic carbocycles. The van der Waals surface area contributed by atoms with Gasteiger partial charge in [0.15, 0.2) is 0 Å². The number of carbonyl (C=O) groups is 1. The number of esters is 1. The van der Waals surface area contributed by atoms with Gasteiger partial charge in [0.25, 0.3) is 0 Å². The van der Waals surface area contributed by atoms with Crippen LogP contribution in [0.5, 0.6) is 0 Å². The molecule has 1 rings (SSSR count). The first-order chi connectivity index (χ1) is 6.07. The van der Waals surface area contributed by atoms with Gasteiger partial charge in [0.1, 0.15) is 0 Å². The van der Waals surface area contributed by atoms with Gasteiger partial charge in [0.2, 0.25) is 0 Å². The Morgan fingerprint density at radius 2 is 1.85 bits per heavy atom. The zero-order valence-corrected chi connectivity index (χ0v) is 7.63. The van der Waals surface area contributed by atoms with Crippen molar-refractivity contribution in [2.24, 2.45) is 0 Å². The maximum atomic E-state index is 11.2. The third-order valence-electron chi connectivity index (χ3n) is 1.93. The van der Waals surface area contributed by atoms with Crippen LogP contribution in [-0.4, -0.2) is 13.1 Å². The molecule has 70 valence electrons. The predicted octanol–water partition coefficient (Wildman–Crippen LogP) is 0.946. The van der Waals surface area contributed by atoms with E-state index in [1.807, 2.05) is 0 Å². The highest BCUT2D eigenvalue weighted by Gasteiger charge is 2.14. The van der Waals surface area contributed by atoms with Crippen LogP contribution in [0, 0.1) is 6.92 Å². The first-order valence-electron chi connectivity index (χ1n) is 3.80. The quantitative estimate of drug-likeness (QED) is 0.498. The summed E-state index contributed by atoms with van der Waals surface area (Å²) in [7, 11) is 1.31. The molecule has 0 unspecified atom stereocenters. The summed E-state index contributed by atoms with van der Waals surface area (Å²) in [6.45, 7) is 1.73. The Morgan fingerprint density at radius 3 is 2.38 bits per heavy atom. The molecule has 4 heteroatoms. The van der Waals surface area contributed by atoms with Gasteiger partial charge in [0, 0.05) is 11.4 Å². The van der Waals surface area contributed by atoms with Crippen molar-refractivity contribution in [3.63, 3.8) is 0 Å². The molecule has 0 fully saturated rings. The number of hydrogen-bond acceptors (Lipinski definition) is 4. The largest absolute Gasteiger partial charge is 0.465 e. The summed E-state index contributed by atoms with van der Waals surface area (Å²) in [6, 6.07) is 3.26. The van der Waals surface area contributed by atoms with E-state index in [0.29, 0.717) is 22.5 Å². The van der Waals surface area contributed by atoms with Crippen LogP contribution >= 0.6 is 0 Å². The summed E-state index contributed by atoms with van der Waals surface area (Å²) >= 11 is 0. The number of carbonyl (C=O) groups excluding carboxylic acids is 1. The molecule has 0 spiro atoms. The summed E-state index contributed by atoms with van der Waals surface area (Å²) in [6.07, 6.45) is 0. The van der Waals surface area contributed by atoms with Crippen LogP contribution in [-0.2, 0) is 4.74 Å². The van der Waals surface area contributed by atoms with E-state index in [4.69, 9.17) is 11.5 Å². The van der Waals surface area contributed by atoms with Gasteiger partial charge in [-0.05, 0) is 24.6 Å². The highest BCUT2D eigenvalue weighted by atomic mass is 16.5. The predicted molar refractivity (Wildman–Crippen MR) is 51.3 cm³/mol. The molecular weight excluding hydrogens is 168 g/mol. The molecule has 0 radical (unpaired) electrons. The number of benzene rings is 1. The van der Waals surface area contributed by atoms with E-state index in [0.717, 1.165) is 0 Å². The molecule has 0 saturated carbocycles. The summed E-state index contributed by atoms with van der Waals surface area (Å²) in [5, 5.41) is 0. The van der Waals surface area contributed by atoms with E-state index < -0.39 is 5.97 Å². The van der Waals surface area contributed by atoms with Gasteiger partial charge in [0.05, 0.1) is 12.7 Å². The molecule has 4 N–H and O–H groups in total. The fraction of sp³-hybridized carbons (Fsp3) is 0.222. The Hall–Kier alpha value is -1.71. The van der Waals surface area contributed by atoms with Crippen LogP contribution in [0.4, 0.5) is 11.4 Å². The maximum Gasteiger partial charge on any atom is 0.340 e. The zero-order valence-electron chi connectivity index (χ0n) is 7.63. The van der Waals surface area contributed by atoms with Gasteiger partial charge >= 0.3 is 5.97 Å². The standard InChI is InChI=1S/C9H12N2O2/c1-5-6(10)3-4-7(11)8(5)9(12)13-2/h3-4H,10-11H2,1-2H3. The molecule has 0 saturated heterocycles. The molecule has 0 aromatic heterocycles. The highest BCUT2D eigenvalue weighted by molar-refractivity contribution is 5.98. The Balaban J connectivity index is 3.33.